The molecule has 0 saturated carbocycles. The van der Waals surface area contributed by atoms with Crippen LogP contribution in [0, 0.1) is 0 Å². The Morgan fingerprint density at radius 2 is 2.32 bits per heavy atom. The third kappa shape index (κ3) is 3.50. The standard InChI is InChI=1S/C11H11ClN4O3/c12-6-1-2-7-8(3-6)15-10(16-11(7)18)4-14-19-5-9(13)17/h1-3,14H,4-5H2,(H2,13,17)(H,15,16,18). The number of amides is 1. The van der Waals surface area contributed by atoms with E-state index >= 15 is 0 Å². The van der Waals surface area contributed by atoms with Gasteiger partial charge in [0.15, 0.2) is 0 Å². The second kappa shape index (κ2) is 5.79. The van der Waals surface area contributed by atoms with Gasteiger partial charge in [0.1, 0.15) is 12.4 Å². The van der Waals surface area contributed by atoms with Crippen molar-refractivity contribution in [3.63, 3.8) is 0 Å². The highest BCUT2D eigenvalue weighted by atomic mass is 35.5. The van der Waals surface area contributed by atoms with Gasteiger partial charge in [-0.1, -0.05) is 11.6 Å². The lowest BCUT2D eigenvalue weighted by Crippen LogP contribution is -2.26. The molecule has 100 valence electrons. The highest BCUT2D eigenvalue weighted by Crippen LogP contribution is 2.14. The molecular weight excluding hydrogens is 272 g/mol. The third-order valence-corrected chi connectivity index (χ3v) is 2.51. The predicted octanol–water partition coefficient (Wildman–Crippen LogP) is 0.0830. The quantitative estimate of drug-likeness (QED) is 0.531. The zero-order chi connectivity index (χ0) is 13.8. The number of benzene rings is 1. The van der Waals surface area contributed by atoms with E-state index in [1.807, 2.05) is 0 Å². The van der Waals surface area contributed by atoms with Crippen LogP contribution in [-0.2, 0) is 16.2 Å². The molecule has 0 bridgehead atoms. The molecule has 8 heteroatoms. The number of hydrogen-bond donors (Lipinski definition) is 3. The van der Waals surface area contributed by atoms with Crippen molar-refractivity contribution in [2.24, 2.45) is 5.73 Å². The fourth-order valence-corrected chi connectivity index (χ4v) is 1.65. The Kier molecular flexibility index (Phi) is 4.10. The van der Waals surface area contributed by atoms with E-state index in [4.69, 9.17) is 22.2 Å². The molecule has 0 saturated heterocycles. The lowest BCUT2D eigenvalue weighted by atomic mass is 10.2. The molecule has 1 amide bonds. The summed E-state index contributed by atoms with van der Waals surface area (Å²) in [4.78, 5) is 33.8. The number of fused-ring (bicyclic) bond motifs is 1. The summed E-state index contributed by atoms with van der Waals surface area (Å²) in [6.07, 6.45) is 0. The van der Waals surface area contributed by atoms with Gasteiger partial charge in [-0.05, 0) is 18.2 Å². The first kappa shape index (κ1) is 13.5. The number of primary amides is 1. The Balaban J connectivity index is 2.16. The maximum absolute atomic E-state index is 11.8. The Labute approximate surface area is 112 Å². The summed E-state index contributed by atoms with van der Waals surface area (Å²) in [5.74, 6) is -0.233. The van der Waals surface area contributed by atoms with Gasteiger partial charge in [-0.2, -0.15) is 5.48 Å². The van der Waals surface area contributed by atoms with Crippen LogP contribution in [0.2, 0.25) is 5.02 Å². The van der Waals surface area contributed by atoms with Gasteiger partial charge >= 0.3 is 0 Å². The van der Waals surface area contributed by atoms with E-state index in [0.717, 1.165) is 0 Å². The Hall–Kier alpha value is -1.96. The highest BCUT2D eigenvalue weighted by molar-refractivity contribution is 6.31. The normalized spacial score (nSPS) is 10.8. The summed E-state index contributed by atoms with van der Waals surface area (Å²) in [5.41, 5.74) is 7.59. The Bertz CT molecular complexity index is 671. The summed E-state index contributed by atoms with van der Waals surface area (Å²) in [7, 11) is 0. The molecule has 0 atom stereocenters. The van der Waals surface area contributed by atoms with E-state index in [2.05, 4.69) is 15.4 Å². The molecular formula is C11H11ClN4O3. The highest BCUT2D eigenvalue weighted by Gasteiger charge is 2.04. The molecule has 0 unspecified atom stereocenters. The molecule has 0 fully saturated rings. The van der Waals surface area contributed by atoms with Crippen molar-refractivity contribution in [2.45, 2.75) is 6.54 Å². The minimum absolute atomic E-state index is 0.130. The van der Waals surface area contributed by atoms with Crippen molar-refractivity contribution < 1.29 is 9.63 Å². The maximum Gasteiger partial charge on any atom is 0.258 e. The summed E-state index contributed by atoms with van der Waals surface area (Å²) in [6.45, 7) is -0.130. The summed E-state index contributed by atoms with van der Waals surface area (Å²) in [5, 5.41) is 0.945. The average Bonchev–Trinajstić information content (AvgIpc) is 2.34. The van der Waals surface area contributed by atoms with Gasteiger partial charge in [0.25, 0.3) is 5.56 Å². The molecule has 0 aliphatic carbocycles. The molecule has 0 aliphatic heterocycles. The van der Waals surface area contributed by atoms with Crippen LogP contribution in [0.4, 0.5) is 0 Å². The molecule has 2 aromatic rings. The zero-order valence-corrected chi connectivity index (χ0v) is 10.5. The molecule has 1 heterocycles. The van der Waals surface area contributed by atoms with Crippen LogP contribution in [0.5, 0.6) is 0 Å². The van der Waals surface area contributed by atoms with Gasteiger partial charge in [-0.3, -0.25) is 14.4 Å². The zero-order valence-electron chi connectivity index (χ0n) is 9.77. The second-order valence-corrected chi connectivity index (χ2v) is 4.19. The molecule has 0 aliphatic rings. The van der Waals surface area contributed by atoms with Crippen molar-refractivity contribution in [2.75, 3.05) is 6.61 Å². The minimum atomic E-state index is -0.598. The largest absolute Gasteiger partial charge is 0.368 e. The Morgan fingerprint density at radius 3 is 3.05 bits per heavy atom. The second-order valence-electron chi connectivity index (χ2n) is 3.75. The number of nitrogens with two attached hydrogens (primary N) is 1. The first-order chi connectivity index (χ1) is 9.06. The van der Waals surface area contributed by atoms with Crippen molar-refractivity contribution in [1.29, 1.82) is 0 Å². The number of aromatic nitrogens is 2. The van der Waals surface area contributed by atoms with Gasteiger partial charge in [-0.25, -0.2) is 4.98 Å². The topological polar surface area (TPSA) is 110 Å². The molecule has 19 heavy (non-hydrogen) atoms. The van der Waals surface area contributed by atoms with E-state index in [0.29, 0.717) is 21.7 Å². The summed E-state index contributed by atoms with van der Waals surface area (Å²) >= 11 is 5.84. The van der Waals surface area contributed by atoms with Gasteiger partial charge in [0.2, 0.25) is 5.91 Å². The number of hydroxylamine groups is 1. The summed E-state index contributed by atoms with van der Waals surface area (Å²) < 4.78 is 0. The molecule has 2 rings (SSSR count). The number of nitrogens with zero attached hydrogens (tertiary/aromatic N) is 1. The van der Waals surface area contributed by atoms with Crippen molar-refractivity contribution in [1.82, 2.24) is 15.4 Å². The first-order valence-corrected chi connectivity index (χ1v) is 5.75. The monoisotopic (exact) mass is 282 g/mol. The minimum Gasteiger partial charge on any atom is -0.368 e. The predicted molar refractivity (Wildman–Crippen MR) is 69.4 cm³/mol. The van der Waals surface area contributed by atoms with Crippen LogP contribution >= 0.6 is 11.6 Å². The van der Waals surface area contributed by atoms with E-state index in [9.17, 15) is 9.59 Å². The number of nitrogens with one attached hydrogen (secondary N) is 2. The number of rotatable bonds is 5. The number of halogens is 1. The fraction of sp³-hybridized carbons (Fsp3) is 0.182. The fourth-order valence-electron chi connectivity index (χ4n) is 1.49. The number of carbonyl (C=O) groups is 1. The molecule has 0 radical (unpaired) electrons. The maximum atomic E-state index is 11.8. The number of carbonyl (C=O) groups excluding carboxylic acids is 1. The molecule has 7 nitrogen and oxygen atoms in total. The van der Waals surface area contributed by atoms with Crippen LogP contribution in [0.1, 0.15) is 5.82 Å². The van der Waals surface area contributed by atoms with Crippen LogP contribution < -0.4 is 16.8 Å². The van der Waals surface area contributed by atoms with Gasteiger partial charge in [0, 0.05) is 5.02 Å². The lowest BCUT2D eigenvalue weighted by Gasteiger charge is -2.05. The van der Waals surface area contributed by atoms with Crippen molar-refractivity contribution in [3.05, 3.63) is 39.4 Å². The van der Waals surface area contributed by atoms with Crippen molar-refractivity contribution >= 4 is 28.4 Å². The molecule has 1 aromatic carbocycles. The molecule has 1 aromatic heterocycles. The van der Waals surface area contributed by atoms with E-state index < -0.39 is 5.91 Å². The van der Waals surface area contributed by atoms with Gasteiger partial charge < -0.3 is 10.7 Å². The van der Waals surface area contributed by atoms with Crippen molar-refractivity contribution in [3.8, 4) is 0 Å². The van der Waals surface area contributed by atoms with E-state index in [1.54, 1.807) is 18.2 Å². The SMILES string of the molecule is NC(=O)CONCc1nc2cc(Cl)ccc2c(=O)[nH]1. The first-order valence-electron chi connectivity index (χ1n) is 5.37. The third-order valence-electron chi connectivity index (χ3n) is 2.27. The van der Waals surface area contributed by atoms with Crippen LogP contribution in [0.15, 0.2) is 23.0 Å². The molecule has 0 spiro atoms. The number of hydrogen-bond acceptors (Lipinski definition) is 5. The van der Waals surface area contributed by atoms with E-state index in [1.165, 1.54) is 0 Å². The van der Waals surface area contributed by atoms with Crippen LogP contribution in [0.25, 0.3) is 10.9 Å². The summed E-state index contributed by atoms with van der Waals surface area (Å²) in [6, 6.07) is 4.82. The van der Waals surface area contributed by atoms with Crippen LogP contribution in [0.3, 0.4) is 0 Å². The lowest BCUT2D eigenvalue weighted by molar-refractivity contribution is -0.125. The van der Waals surface area contributed by atoms with E-state index in [-0.39, 0.29) is 18.7 Å². The smallest absolute Gasteiger partial charge is 0.258 e. The van der Waals surface area contributed by atoms with Crippen LogP contribution in [-0.4, -0.2) is 22.5 Å². The Morgan fingerprint density at radius 1 is 1.53 bits per heavy atom. The van der Waals surface area contributed by atoms with Gasteiger partial charge in [0.05, 0.1) is 17.4 Å². The molecule has 4 N–H and O–H groups in total. The number of aromatic amines is 1. The van der Waals surface area contributed by atoms with Gasteiger partial charge in [-0.15, -0.1) is 0 Å². The average molecular weight is 283 g/mol. The number of H-pyrrole nitrogens is 1.